The van der Waals surface area contributed by atoms with Crippen LogP contribution in [0.1, 0.15) is 56.5 Å². The van der Waals surface area contributed by atoms with E-state index < -0.39 is 0 Å². The zero-order chi connectivity index (χ0) is 14.8. The van der Waals surface area contributed by atoms with Crippen molar-refractivity contribution in [2.45, 2.75) is 50.9 Å². The third-order valence-corrected chi connectivity index (χ3v) is 4.99. The molecule has 2 aromatic rings. The number of nitrogens with zero attached hydrogens (tertiary/aromatic N) is 3. The minimum atomic E-state index is 0.387. The van der Waals surface area contributed by atoms with Gasteiger partial charge in [0.05, 0.1) is 28.5 Å². The average Bonchev–Trinajstić information content (AvgIpc) is 2.92. The van der Waals surface area contributed by atoms with Crippen LogP contribution >= 0.6 is 11.6 Å². The van der Waals surface area contributed by atoms with Crippen molar-refractivity contribution in [3.05, 3.63) is 29.6 Å². The van der Waals surface area contributed by atoms with Gasteiger partial charge in [0.15, 0.2) is 0 Å². The van der Waals surface area contributed by atoms with E-state index in [1.165, 1.54) is 32.1 Å². The first-order valence-corrected chi connectivity index (χ1v) is 8.25. The Morgan fingerprint density at radius 1 is 1.38 bits per heavy atom. The van der Waals surface area contributed by atoms with Gasteiger partial charge in [-0.15, -0.1) is 11.6 Å². The molecular formula is C17H20ClN3. The molecule has 0 amide bonds. The molecule has 0 bridgehead atoms. The fourth-order valence-electron chi connectivity index (χ4n) is 3.59. The third-order valence-electron chi connectivity index (χ3n) is 4.75. The minimum absolute atomic E-state index is 0.387. The van der Waals surface area contributed by atoms with Crippen molar-refractivity contribution in [3.8, 4) is 6.07 Å². The highest BCUT2D eigenvalue weighted by atomic mass is 35.5. The SMILES string of the molecule is CC(C1CCCCC1)n1c(CCl)nc2ccc(C#N)cc21. The van der Waals surface area contributed by atoms with Crippen molar-refractivity contribution in [2.24, 2.45) is 5.92 Å². The number of fused-ring (bicyclic) bond motifs is 1. The lowest BCUT2D eigenvalue weighted by atomic mass is 9.84. The maximum absolute atomic E-state index is 9.13. The topological polar surface area (TPSA) is 41.6 Å². The summed E-state index contributed by atoms with van der Waals surface area (Å²) in [5.41, 5.74) is 2.66. The molecule has 110 valence electrons. The zero-order valence-electron chi connectivity index (χ0n) is 12.3. The highest BCUT2D eigenvalue weighted by Gasteiger charge is 2.24. The zero-order valence-corrected chi connectivity index (χ0v) is 13.1. The Balaban J connectivity index is 2.08. The van der Waals surface area contributed by atoms with E-state index in [0.717, 1.165) is 16.9 Å². The molecule has 1 heterocycles. The summed E-state index contributed by atoms with van der Waals surface area (Å²) in [6.45, 7) is 2.27. The van der Waals surface area contributed by atoms with Crippen molar-refractivity contribution < 1.29 is 0 Å². The van der Waals surface area contributed by atoms with Gasteiger partial charge >= 0.3 is 0 Å². The van der Waals surface area contributed by atoms with E-state index in [1.54, 1.807) is 0 Å². The monoisotopic (exact) mass is 301 g/mol. The first-order valence-electron chi connectivity index (χ1n) is 7.71. The van der Waals surface area contributed by atoms with Crippen LogP contribution in [0.5, 0.6) is 0 Å². The Morgan fingerprint density at radius 2 is 2.14 bits per heavy atom. The number of hydrogen-bond acceptors (Lipinski definition) is 2. The summed E-state index contributed by atoms with van der Waals surface area (Å²) in [6.07, 6.45) is 6.55. The highest BCUT2D eigenvalue weighted by Crippen LogP contribution is 2.35. The van der Waals surface area contributed by atoms with E-state index in [1.807, 2.05) is 18.2 Å². The highest BCUT2D eigenvalue weighted by molar-refractivity contribution is 6.16. The maximum atomic E-state index is 9.13. The smallest absolute Gasteiger partial charge is 0.125 e. The normalized spacial score (nSPS) is 17.8. The molecule has 0 radical (unpaired) electrons. The molecule has 3 nitrogen and oxygen atoms in total. The summed E-state index contributed by atoms with van der Waals surface area (Å²) < 4.78 is 2.26. The molecule has 1 aromatic carbocycles. The second-order valence-electron chi connectivity index (χ2n) is 5.99. The molecule has 0 aliphatic heterocycles. The van der Waals surface area contributed by atoms with Crippen molar-refractivity contribution in [1.82, 2.24) is 9.55 Å². The van der Waals surface area contributed by atoms with Gasteiger partial charge in [-0.05, 0) is 43.9 Å². The van der Waals surface area contributed by atoms with Gasteiger partial charge in [0.2, 0.25) is 0 Å². The summed E-state index contributed by atoms with van der Waals surface area (Å²) >= 11 is 6.11. The van der Waals surface area contributed by atoms with Crippen LogP contribution in [0.25, 0.3) is 11.0 Å². The second kappa shape index (κ2) is 6.07. The Hall–Kier alpha value is -1.53. The number of imidazole rings is 1. The van der Waals surface area contributed by atoms with E-state index in [9.17, 15) is 0 Å². The van der Waals surface area contributed by atoms with Gasteiger partial charge in [-0.2, -0.15) is 5.26 Å². The molecule has 1 aliphatic rings. The Bertz CT molecular complexity index is 677. The number of alkyl halides is 1. The van der Waals surface area contributed by atoms with Crippen LogP contribution in [0.15, 0.2) is 18.2 Å². The quantitative estimate of drug-likeness (QED) is 0.765. The number of nitriles is 1. The molecule has 0 saturated heterocycles. The van der Waals surface area contributed by atoms with Crippen molar-refractivity contribution in [2.75, 3.05) is 0 Å². The number of benzene rings is 1. The van der Waals surface area contributed by atoms with Gasteiger partial charge in [-0.1, -0.05) is 19.3 Å². The third kappa shape index (κ3) is 2.65. The Kier molecular flexibility index (Phi) is 4.17. The second-order valence-corrected chi connectivity index (χ2v) is 6.25. The fraction of sp³-hybridized carbons (Fsp3) is 0.529. The van der Waals surface area contributed by atoms with Crippen LogP contribution in [0.4, 0.5) is 0 Å². The summed E-state index contributed by atoms with van der Waals surface area (Å²) in [4.78, 5) is 4.64. The van der Waals surface area contributed by atoms with Gasteiger partial charge in [0.1, 0.15) is 5.82 Å². The molecule has 0 spiro atoms. The summed E-state index contributed by atoms with van der Waals surface area (Å²) in [6, 6.07) is 8.29. The van der Waals surface area contributed by atoms with Crippen molar-refractivity contribution in [3.63, 3.8) is 0 Å². The molecular weight excluding hydrogens is 282 g/mol. The molecule has 1 aromatic heterocycles. The summed E-state index contributed by atoms with van der Waals surface area (Å²) in [7, 11) is 0. The van der Waals surface area contributed by atoms with Crippen LogP contribution < -0.4 is 0 Å². The predicted octanol–water partition coefficient (Wildman–Crippen LogP) is 4.79. The van der Waals surface area contributed by atoms with Crippen molar-refractivity contribution in [1.29, 1.82) is 5.26 Å². The molecule has 1 aliphatic carbocycles. The van der Waals surface area contributed by atoms with E-state index >= 15 is 0 Å². The van der Waals surface area contributed by atoms with E-state index in [2.05, 4.69) is 22.5 Å². The van der Waals surface area contributed by atoms with Crippen LogP contribution in [-0.4, -0.2) is 9.55 Å². The van der Waals surface area contributed by atoms with E-state index in [-0.39, 0.29) is 0 Å². The predicted molar refractivity (Wildman–Crippen MR) is 85.3 cm³/mol. The van der Waals surface area contributed by atoms with Gasteiger partial charge in [-0.25, -0.2) is 4.98 Å². The van der Waals surface area contributed by atoms with Gasteiger partial charge < -0.3 is 4.57 Å². The maximum Gasteiger partial charge on any atom is 0.125 e. The van der Waals surface area contributed by atoms with Gasteiger partial charge in [0, 0.05) is 6.04 Å². The Morgan fingerprint density at radius 3 is 2.81 bits per heavy atom. The van der Waals surface area contributed by atoms with E-state index in [0.29, 0.717) is 23.4 Å². The Labute approximate surface area is 130 Å². The lowest BCUT2D eigenvalue weighted by Gasteiger charge is -2.30. The first kappa shape index (κ1) is 14.4. The summed E-state index contributed by atoms with van der Waals surface area (Å²) in [5.74, 6) is 2.01. The molecule has 4 heteroatoms. The largest absolute Gasteiger partial charge is 0.324 e. The fourth-order valence-corrected chi connectivity index (χ4v) is 3.78. The van der Waals surface area contributed by atoms with Gasteiger partial charge in [-0.3, -0.25) is 0 Å². The molecule has 0 N–H and O–H groups in total. The first-order chi connectivity index (χ1) is 10.2. The number of hydrogen-bond donors (Lipinski definition) is 0. The number of rotatable bonds is 3. The standard InChI is InChI=1S/C17H20ClN3/c1-12(14-5-3-2-4-6-14)21-16-9-13(11-19)7-8-15(16)20-17(21)10-18/h7-9,12,14H,2-6,10H2,1H3. The molecule has 1 atom stereocenters. The van der Waals surface area contributed by atoms with Gasteiger partial charge in [0.25, 0.3) is 0 Å². The van der Waals surface area contributed by atoms with Crippen LogP contribution in [0.2, 0.25) is 0 Å². The molecule has 3 rings (SSSR count). The lowest BCUT2D eigenvalue weighted by molar-refractivity contribution is 0.265. The minimum Gasteiger partial charge on any atom is -0.324 e. The van der Waals surface area contributed by atoms with Crippen LogP contribution in [-0.2, 0) is 5.88 Å². The lowest BCUT2D eigenvalue weighted by Crippen LogP contribution is -2.20. The average molecular weight is 302 g/mol. The molecule has 1 fully saturated rings. The molecule has 1 unspecified atom stereocenters. The molecule has 21 heavy (non-hydrogen) atoms. The van der Waals surface area contributed by atoms with Crippen LogP contribution in [0, 0.1) is 17.2 Å². The number of aromatic nitrogens is 2. The number of halogens is 1. The van der Waals surface area contributed by atoms with Crippen molar-refractivity contribution >= 4 is 22.6 Å². The molecule has 1 saturated carbocycles. The van der Waals surface area contributed by atoms with Crippen LogP contribution in [0.3, 0.4) is 0 Å². The van der Waals surface area contributed by atoms with E-state index in [4.69, 9.17) is 16.9 Å². The summed E-state index contributed by atoms with van der Waals surface area (Å²) in [5, 5.41) is 9.13.